The fourth-order valence-corrected chi connectivity index (χ4v) is 2.82. The molecule has 1 aromatic rings. The number of rotatable bonds is 3. The Hall–Kier alpha value is -1.50. The van der Waals surface area contributed by atoms with E-state index in [1.807, 2.05) is 0 Å². The van der Waals surface area contributed by atoms with Crippen molar-refractivity contribution in [1.29, 1.82) is 0 Å². The number of anilines is 1. The van der Waals surface area contributed by atoms with Crippen molar-refractivity contribution in [2.75, 3.05) is 5.32 Å². The summed E-state index contributed by atoms with van der Waals surface area (Å²) in [4.78, 5) is 23.0. The SMILES string of the molecule is O=C(O)C1CCCC(C(=O)Nc2cc(F)c(Br)cc2F)C1. The molecule has 0 spiro atoms. The van der Waals surface area contributed by atoms with Gasteiger partial charge in [-0.2, -0.15) is 0 Å². The van der Waals surface area contributed by atoms with Gasteiger partial charge in [-0.25, -0.2) is 8.78 Å². The molecule has 1 amide bonds. The molecule has 1 aliphatic carbocycles. The molecule has 0 bridgehead atoms. The lowest BCUT2D eigenvalue weighted by molar-refractivity contribution is -0.143. The van der Waals surface area contributed by atoms with Crippen LogP contribution in [0.4, 0.5) is 14.5 Å². The summed E-state index contributed by atoms with van der Waals surface area (Å²) in [6.07, 6.45) is 1.95. The predicted molar refractivity (Wildman–Crippen MR) is 75.8 cm³/mol. The van der Waals surface area contributed by atoms with E-state index < -0.39 is 35.3 Å². The quantitative estimate of drug-likeness (QED) is 0.809. The van der Waals surface area contributed by atoms with Gasteiger partial charge in [-0.1, -0.05) is 6.42 Å². The molecule has 1 saturated carbocycles. The van der Waals surface area contributed by atoms with E-state index in [2.05, 4.69) is 21.2 Å². The van der Waals surface area contributed by atoms with Crippen LogP contribution in [0.3, 0.4) is 0 Å². The number of nitrogens with one attached hydrogen (secondary N) is 1. The molecule has 2 atom stereocenters. The number of halogens is 3. The van der Waals surface area contributed by atoms with Crippen LogP contribution < -0.4 is 5.32 Å². The number of carbonyl (C=O) groups excluding carboxylic acids is 1. The molecular formula is C14H14BrF2NO3. The first-order chi connectivity index (χ1) is 9.88. The normalized spacial score (nSPS) is 21.9. The molecule has 2 N–H and O–H groups in total. The number of aliphatic carboxylic acids is 1. The number of carboxylic acids is 1. The van der Waals surface area contributed by atoms with E-state index >= 15 is 0 Å². The van der Waals surface area contributed by atoms with E-state index in [4.69, 9.17) is 5.11 Å². The van der Waals surface area contributed by atoms with Gasteiger partial charge >= 0.3 is 5.97 Å². The molecular weight excluding hydrogens is 348 g/mol. The van der Waals surface area contributed by atoms with Gasteiger partial charge in [-0.05, 0) is 41.3 Å². The molecule has 1 fully saturated rings. The Morgan fingerprint density at radius 3 is 2.52 bits per heavy atom. The third-order valence-corrected chi connectivity index (χ3v) is 4.27. The highest BCUT2D eigenvalue weighted by molar-refractivity contribution is 9.10. The van der Waals surface area contributed by atoms with Gasteiger partial charge < -0.3 is 10.4 Å². The number of hydrogen-bond donors (Lipinski definition) is 2. The van der Waals surface area contributed by atoms with Crippen LogP contribution in [0, 0.1) is 23.5 Å². The summed E-state index contributed by atoms with van der Waals surface area (Å²) in [5.74, 6) is -3.87. The minimum atomic E-state index is -0.923. The Balaban J connectivity index is 2.07. The predicted octanol–water partition coefficient (Wildman–Crippen LogP) is 3.56. The van der Waals surface area contributed by atoms with E-state index in [1.165, 1.54) is 0 Å². The smallest absolute Gasteiger partial charge is 0.306 e. The van der Waals surface area contributed by atoms with E-state index in [1.54, 1.807) is 0 Å². The van der Waals surface area contributed by atoms with Crippen LogP contribution in [-0.4, -0.2) is 17.0 Å². The molecule has 0 radical (unpaired) electrons. The topological polar surface area (TPSA) is 66.4 Å². The van der Waals surface area contributed by atoms with Crippen LogP contribution in [-0.2, 0) is 9.59 Å². The molecule has 2 unspecified atom stereocenters. The molecule has 1 aliphatic rings. The zero-order valence-corrected chi connectivity index (χ0v) is 12.6. The third-order valence-electron chi connectivity index (χ3n) is 3.66. The third kappa shape index (κ3) is 3.78. The second kappa shape index (κ2) is 6.51. The summed E-state index contributed by atoms with van der Waals surface area (Å²) in [5, 5.41) is 11.3. The summed E-state index contributed by atoms with van der Waals surface area (Å²) in [7, 11) is 0. The summed E-state index contributed by atoms with van der Waals surface area (Å²) >= 11 is 2.85. The Kier molecular flexibility index (Phi) is 4.92. The molecule has 0 aliphatic heterocycles. The Morgan fingerprint density at radius 1 is 1.19 bits per heavy atom. The van der Waals surface area contributed by atoms with Crippen LogP contribution in [0.2, 0.25) is 0 Å². The van der Waals surface area contributed by atoms with Crippen molar-refractivity contribution in [1.82, 2.24) is 0 Å². The van der Waals surface area contributed by atoms with Gasteiger partial charge in [0.2, 0.25) is 5.91 Å². The molecule has 0 aromatic heterocycles. The van der Waals surface area contributed by atoms with Gasteiger partial charge in [0.25, 0.3) is 0 Å². The van der Waals surface area contributed by atoms with Crippen molar-refractivity contribution < 1.29 is 23.5 Å². The lowest BCUT2D eigenvalue weighted by atomic mass is 9.81. The average molecular weight is 362 g/mol. The summed E-state index contributed by atoms with van der Waals surface area (Å²) < 4.78 is 27.0. The molecule has 21 heavy (non-hydrogen) atoms. The van der Waals surface area contributed by atoms with Crippen molar-refractivity contribution >= 4 is 33.5 Å². The molecule has 4 nitrogen and oxygen atoms in total. The Labute approximate surface area is 128 Å². The Morgan fingerprint density at radius 2 is 1.86 bits per heavy atom. The van der Waals surface area contributed by atoms with Gasteiger partial charge in [0, 0.05) is 12.0 Å². The number of benzene rings is 1. The zero-order chi connectivity index (χ0) is 15.6. The van der Waals surface area contributed by atoms with Crippen LogP contribution in [0.15, 0.2) is 16.6 Å². The largest absolute Gasteiger partial charge is 0.481 e. The highest BCUT2D eigenvalue weighted by Crippen LogP contribution is 2.31. The van der Waals surface area contributed by atoms with Crippen LogP contribution >= 0.6 is 15.9 Å². The van der Waals surface area contributed by atoms with Gasteiger partial charge in [-0.15, -0.1) is 0 Å². The van der Waals surface area contributed by atoms with Gasteiger partial charge in [0.1, 0.15) is 11.6 Å². The monoisotopic (exact) mass is 361 g/mol. The maximum absolute atomic E-state index is 13.7. The van der Waals surface area contributed by atoms with Crippen molar-refractivity contribution in [3.8, 4) is 0 Å². The molecule has 114 valence electrons. The lowest BCUT2D eigenvalue weighted by Gasteiger charge is -2.25. The summed E-state index contributed by atoms with van der Waals surface area (Å²) in [6, 6.07) is 1.83. The molecule has 1 aromatic carbocycles. The lowest BCUT2D eigenvalue weighted by Crippen LogP contribution is -2.31. The number of amides is 1. The van der Waals surface area contributed by atoms with E-state index in [-0.39, 0.29) is 16.6 Å². The van der Waals surface area contributed by atoms with Crippen LogP contribution in [0.5, 0.6) is 0 Å². The van der Waals surface area contributed by atoms with Crippen molar-refractivity contribution in [3.63, 3.8) is 0 Å². The van der Waals surface area contributed by atoms with Crippen LogP contribution in [0.25, 0.3) is 0 Å². The van der Waals surface area contributed by atoms with Crippen molar-refractivity contribution in [3.05, 3.63) is 28.2 Å². The fourth-order valence-electron chi connectivity index (χ4n) is 2.51. The fraction of sp³-hybridized carbons (Fsp3) is 0.429. The minimum absolute atomic E-state index is 0.0263. The highest BCUT2D eigenvalue weighted by Gasteiger charge is 2.31. The second-order valence-electron chi connectivity index (χ2n) is 5.13. The van der Waals surface area contributed by atoms with Gasteiger partial charge in [0.05, 0.1) is 16.1 Å². The van der Waals surface area contributed by atoms with E-state index in [0.29, 0.717) is 19.3 Å². The van der Waals surface area contributed by atoms with E-state index in [0.717, 1.165) is 12.1 Å². The molecule has 7 heteroatoms. The molecule has 0 saturated heterocycles. The van der Waals surface area contributed by atoms with Crippen molar-refractivity contribution in [2.45, 2.75) is 25.7 Å². The Bertz CT molecular complexity index is 580. The average Bonchev–Trinajstić information content (AvgIpc) is 2.44. The van der Waals surface area contributed by atoms with Crippen molar-refractivity contribution in [2.24, 2.45) is 11.8 Å². The van der Waals surface area contributed by atoms with Gasteiger partial charge in [-0.3, -0.25) is 9.59 Å². The zero-order valence-electron chi connectivity index (χ0n) is 11.0. The number of hydrogen-bond acceptors (Lipinski definition) is 2. The minimum Gasteiger partial charge on any atom is -0.481 e. The number of carbonyl (C=O) groups is 2. The first-order valence-electron chi connectivity index (χ1n) is 6.56. The maximum atomic E-state index is 13.7. The first kappa shape index (κ1) is 15.9. The second-order valence-corrected chi connectivity index (χ2v) is 5.99. The van der Waals surface area contributed by atoms with E-state index in [9.17, 15) is 18.4 Å². The van der Waals surface area contributed by atoms with Gasteiger partial charge in [0.15, 0.2) is 0 Å². The summed E-state index contributed by atoms with van der Waals surface area (Å²) in [6.45, 7) is 0. The van der Waals surface area contributed by atoms with Crippen LogP contribution in [0.1, 0.15) is 25.7 Å². The maximum Gasteiger partial charge on any atom is 0.306 e. The summed E-state index contributed by atoms with van der Waals surface area (Å²) in [5.41, 5.74) is -0.238. The highest BCUT2D eigenvalue weighted by atomic mass is 79.9. The molecule has 2 rings (SSSR count). The first-order valence-corrected chi connectivity index (χ1v) is 7.36. The molecule has 0 heterocycles. The standard InChI is InChI=1S/C14H14BrF2NO3/c15-9-5-11(17)12(6-10(9)16)18-13(19)7-2-1-3-8(4-7)14(20)21/h5-8H,1-4H2,(H,18,19)(H,20,21). The number of carboxylic acid groups (broad SMARTS) is 1.